The normalized spacial score (nSPS) is 19.9. The van der Waals surface area contributed by atoms with E-state index < -0.39 is 0 Å². The molecule has 1 atom stereocenters. The maximum absolute atomic E-state index is 6.08. The molecule has 0 bridgehead atoms. The molecule has 3 aromatic rings. The monoisotopic (exact) mass is 473 g/mol. The fraction of sp³-hybridized carbons (Fsp3) is 0.379. The molecule has 4 nitrogen and oxygen atoms in total. The molecule has 0 amide bonds. The van der Waals surface area contributed by atoms with Crippen LogP contribution in [0, 0.1) is 0 Å². The molecular formula is C29H31NO3S. The summed E-state index contributed by atoms with van der Waals surface area (Å²) in [5.74, 6) is 1.85. The Hall–Kier alpha value is -2.60. The van der Waals surface area contributed by atoms with Crippen LogP contribution in [0.2, 0.25) is 0 Å². The Morgan fingerprint density at radius 3 is 2.56 bits per heavy atom. The maximum atomic E-state index is 6.08. The fourth-order valence-electron chi connectivity index (χ4n) is 5.57. The van der Waals surface area contributed by atoms with Crippen LogP contribution >= 0.6 is 11.3 Å². The first kappa shape index (κ1) is 21.9. The van der Waals surface area contributed by atoms with Crippen molar-refractivity contribution in [1.29, 1.82) is 0 Å². The molecule has 0 spiro atoms. The number of rotatable bonds is 7. The quantitative estimate of drug-likeness (QED) is 0.398. The van der Waals surface area contributed by atoms with E-state index in [0.29, 0.717) is 0 Å². The van der Waals surface area contributed by atoms with Crippen LogP contribution in [0.3, 0.4) is 0 Å². The maximum Gasteiger partial charge on any atom is 0.120 e. The van der Waals surface area contributed by atoms with Crippen molar-refractivity contribution in [1.82, 2.24) is 4.90 Å². The lowest BCUT2D eigenvalue weighted by atomic mass is 9.89. The van der Waals surface area contributed by atoms with Gasteiger partial charge in [0.15, 0.2) is 0 Å². The van der Waals surface area contributed by atoms with Crippen molar-refractivity contribution < 1.29 is 14.2 Å². The summed E-state index contributed by atoms with van der Waals surface area (Å²) < 4.78 is 18.6. The molecular weight excluding hydrogens is 442 g/mol. The lowest BCUT2D eigenvalue weighted by molar-refractivity contribution is 0.105. The van der Waals surface area contributed by atoms with Crippen LogP contribution in [0.25, 0.3) is 21.2 Å². The third-order valence-corrected chi connectivity index (χ3v) is 8.57. The predicted molar refractivity (Wildman–Crippen MR) is 140 cm³/mol. The molecule has 1 saturated heterocycles. The molecule has 176 valence electrons. The third-order valence-electron chi connectivity index (χ3n) is 7.39. The summed E-state index contributed by atoms with van der Waals surface area (Å²) in [7, 11) is 3.56. The third kappa shape index (κ3) is 3.86. The van der Waals surface area contributed by atoms with Gasteiger partial charge >= 0.3 is 0 Å². The standard InChI is InChI=1S/C29H31NO3S/c1-31-21-9-11-23-25(17-21)27(28-24-12-10-22(32-2)18-26(24)34-29(23)28)19-5-7-20(8-6-19)33-16-15-30-13-3-4-14-30/h5-8,10-12,18,21H,3-4,9,13-17H2,1-2H3. The number of methoxy groups -OCH3 is 2. The Kier molecular flexibility index (Phi) is 5.94. The second kappa shape index (κ2) is 9.21. The largest absolute Gasteiger partial charge is 0.497 e. The SMILES string of the molecule is COc1ccc2c3c(sc2c1)C1=CCC(OC)CC1=C3c1ccc(OCCN2CCCC2)cc1. The van der Waals surface area contributed by atoms with Crippen molar-refractivity contribution >= 4 is 32.6 Å². The smallest absolute Gasteiger partial charge is 0.120 e. The fourth-order valence-corrected chi connectivity index (χ4v) is 6.87. The summed E-state index contributed by atoms with van der Waals surface area (Å²) in [5, 5.41) is 1.30. The highest BCUT2D eigenvalue weighted by atomic mass is 32.1. The van der Waals surface area contributed by atoms with E-state index in [1.165, 1.54) is 68.7 Å². The van der Waals surface area contributed by atoms with Crippen LogP contribution < -0.4 is 9.47 Å². The lowest BCUT2D eigenvalue weighted by Gasteiger charge is -2.22. The van der Waals surface area contributed by atoms with Gasteiger partial charge in [-0.15, -0.1) is 11.3 Å². The number of likely N-dealkylation sites (tertiary alicyclic amines) is 1. The second-order valence-corrected chi connectivity index (χ2v) is 10.4. The van der Waals surface area contributed by atoms with Crippen molar-refractivity contribution in [3.8, 4) is 11.5 Å². The van der Waals surface area contributed by atoms with Gasteiger partial charge in [-0.25, -0.2) is 0 Å². The van der Waals surface area contributed by atoms with Crippen molar-refractivity contribution in [3.63, 3.8) is 0 Å². The van der Waals surface area contributed by atoms with E-state index in [-0.39, 0.29) is 6.10 Å². The average molecular weight is 474 g/mol. The first-order chi connectivity index (χ1) is 16.7. The number of hydrogen-bond acceptors (Lipinski definition) is 5. The van der Waals surface area contributed by atoms with Gasteiger partial charge in [0.25, 0.3) is 0 Å². The molecule has 0 saturated carbocycles. The number of ether oxygens (including phenoxy) is 3. The Balaban J connectivity index is 1.34. The summed E-state index contributed by atoms with van der Waals surface area (Å²) >= 11 is 1.88. The summed E-state index contributed by atoms with van der Waals surface area (Å²) in [6, 6.07) is 15.2. The topological polar surface area (TPSA) is 30.9 Å². The van der Waals surface area contributed by atoms with Crippen LogP contribution in [-0.2, 0) is 4.74 Å². The van der Waals surface area contributed by atoms with Crippen LogP contribution in [0.15, 0.2) is 54.1 Å². The van der Waals surface area contributed by atoms with Crippen LogP contribution in [0.5, 0.6) is 11.5 Å². The highest BCUT2D eigenvalue weighted by Crippen LogP contribution is 2.54. The Labute approximate surface area is 205 Å². The summed E-state index contributed by atoms with van der Waals surface area (Å²) in [6.07, 6.45) is 7.16. The molecule has 1 unspecified atom stereocenters. The van der Waals surface area contributed by atoms with E-state index in [0.717, 1.165) is 37.5 Å². The van der Waals surface area contributed by atoms with Crippen molar-refractivity contribution in [2.45, 2.75) is 31.8 Å². The molecule has 1 aromatic heterocycles. The van der Waals surface area contributed by atoms with Gasteiger partial charge < -0.3 is 14.2 Å². The minimum atomic E-state index is 0.238. The Morgan fingerprint density at radius 1 is 1.00 bits per heavy atom. The molecule has 2 aliphatic carbocycles. The minimum Gasteiger partial charge on any atom is -0.497 e. The van der Waals surface area contributed by atoms with Crippen molar-refractivity contribution in [2.75, 3.05) is 40.5 Å². The van der Waals surface area contributed by atoms with Crippen molar-refractivity contribution in [3.05, 3.63) is 70.1 Å². The van der Waals surface area contributed by atoms with Crippen LogP contribution in [0.4, 0.5) is 0 Å². The number of thiophene rings is 1. The Morgan fingerprint density at radius 2 is 1.79 bits per heavy atom. The number of allylic oxidation sites excluding steroid dienone is 1. The number of fused-ring (bicyclic) bond motifs is 5. The van der Waals surface area contributed by atoms with Gasteiger partial charge in [0, 0.05) is 40.6 Å². The lowest BCUT2D eigenvalue weighted by Crippen LogP contribution is -2.25. The van der Waals surface area contributed by atoms with Crippen molar-refractivity contribution in [2.24, 2.45) is 0 Å². The first-order valence-electron chi connectivity index (χ1n) is 12.3. The van der Waals surface area contributed by atoms with E-state index in [9.17, 15) is 0 Å². The van der Waals surface area contributed by atoms with Crippen LogP contribution in [0.1, 0.15) is 41.7 Å². The zero-order chi connectivity index (χ0) is 23.1. The van der Waals surface area contributed by atoms with E-state index in [1.807, 2.05) is 18.4 Å². The zero-order valence-corrected chi connectivity index (χ0v) is 20.7. The number of nitrogens with zero attached hydrogens (tertiary/aromatic N) is 1. The first-order valence-corrected chi connectivity index (χ1v) is 13.1. The minimum absolute atomic E-state index is 0.238. The van der Waals surface area contributed by atoms with Gasteiger partial charge in [-0.2, -0.15) is 0 Å². The molecule has 2 heterocycles. The van der Waals surface area contributed by atoms with E-state index >= 15 is 0 Å². The molecule has 3 aliphatic rings. The average Bonchev–Trinajstić information content (AvgIpc) is 3.59. The molecule has 34 heavy (non-hydrogen) atoms. The van der Waals surface area contributed by atoms with Gasteiger partial charge in [0.1, 0.15) is 18.1 Å². The molecule has 5 heteroatoms. The van der Waals surface area contributed by atoms with E-state index in [4.69, 9.17) is 14.2 Å². The molecule has 0 N–H and O–H groups in total. The molecule has 6 rings (SSSR count). The summed E-state index contributed by atoms with van der Waals surface area (Å²) in [4.78, 5) is 3.87. The van der Waals surface area contributed by atoms with Crippen LogP contribution in [-0.4, -0.2) is 51.5 Å². The summed E-state index contributed by atoms with van der Waals surface area (Å²) in [5.41, 5.74) is 6.77. The zero-order valence-electron chi connectivity index (χ0n) is 19.9. The predicted octanol–water partition coefficient (Wildman–Crippen LogP) is 6.39. The number of hydrogen-bond donors (Lipinski definition) is 0. The molecule has 0 radical (unpaired) electrons. The van der Waals surface area contributed by atoms with Gasteiger partial charge in [-0.1, -0.05) is 18.2 Å². The second-order valence-electron chi connectivity index (χ2n) is 9.36. The molecule has 2 aromatic carbocycles. The Bertz CT molecular complexity index is 1260. The van der Waals surface area contributed by atoms with Gasteiger partial charge in [0.05, 0.1) is 13.2 Å². The highest BCUT2D eigenvalue weighted by Gasteiger charge is 2.34. The number of benzene rings is 2. The van der Waals surface area contributed by atoms with E-state index in [1.54, 1.807) is 7.11 Å². The van der Waals surface area contributed by atoms with Gasteiger partial charge in [-0.05, 0) is 85.0 Å². The summed E-state index contributed by atoms with van der Waals surface area (Å²) in [6.45, 7) is 4.18. The molecule has 1 fully saturated rings. The van der Waals surface area contributed by atoms with Gasteiger partial charge in [-0.3, -0.25) is 4.90 Å². The van der Waals surface area contributed by atoms with E-state index in [2.05, 4.69) is 53.4 Å². The van der Waals surface area contributed by atoms with Gasteiger partial charge in [0.2, 0.25) is 0 Å². The highest BCUT2D eigenvalue weighted by molar-refractivity contribution is 7.20. The molecule has 1 aliphatic heterocycles.